The Kier molecular flexibility index (Phi) is 7.01. The number of para-hydroxylation sites is 2. The summed E-state index contributed by atoms with van der Waals surface area (Å²) in [7, 11) is 1.56. The average molecular weight is 340 g/mol. The molecule has 0 heterocycles. The molecule has 0 atom stereocenters. The van der Waals surface area contributed by atoms with E-state index in [-0.39, 0.29) is 12.5 Å². The zero-order valence-corrected chi connectivity index (χ0v) is 14.9. The molecule has 0 aliphatic heterocycles. The zero-order valence-electron chi connectivity index (χ0n) is 14.9. The van der Waals surface area contributed by atoms with E-state index in [9.17, 15) is 4.79 Å². The van der Waals surface area contributed by atoms with E-state index in [0.29, 0.717) is 11.5 Å². The molecule has 132 valence electrons. The highest BCUT2D eigenvalue weighted by Gasteiger charge is 2.06. The first kappa shape index (κ1) is 18.5. The maximum atomic E-state index is 11.9. The van der Waals surface area contributed by atoms with Gasteiger partial charge < -0.3 is 9.47 Å². The highest BCUT2D eigenvalue weighted by Crippen LogP contribution is 2.25. The van der Waals surface area contributed by atoms with Crippen LogP contribution in [0.2, 0.25) is 0 Å². The van der Waals surface area contributed by atoms with Crippen molar-refractivity contribution in [3.8, 4) is 11.5 Å². The Balaban J connectivity index is 1.88. The molecule has 1 N–H and O–H groups in total. The van der Waals surface area contributed by atoms with Gasteiger partial charge in [0.1, 0.15) is 0 Å². The van der Waals surface area contributed by atoms with Crippen LogP contribution in [0.5, 0.6) is 11.5 Å². The number of amides is 1. The monoisotopic (exact) mass is 340 g/mol. The van der Waals surface area contributed by atoms with Crippen LogP contribution in [0.25, 0.3) is 0 Å². The minimum absolute atomic E-state index is 0.132. The molecule has 2 aromatic rings. The summed E-state index contributed by atoms with van der Waals surface area (Å²) in [5.41, 5.74) is 5.53. The molecular weight excluding hydrogens is 316 g/mol. The molecule has 0 bridgehead atoms. The van der Waals surface area contributed by atoms with Crippen molar-refractivity contribution < 1.29 is 14.3 Å². The Morgan fingerprint density at radius 1 is 1.08 bits per heavy atom. The van der Waals surface area contributed by atoms with E-state index in [1.165, 1.54) is 5.56 Å². The van der Waals surface area contributed by atoms with Gasteiger partial charge in [-0.25, -0.2) is 5.43 Å². The fourth-order valence-corrected chi connectivity index (χ4v) is 2.33. The van der Waals surface area contributed by atoms with Crippen molar-refractivity contribution in [2.75, 3.05) is 13.7 Å². The van der Waals surface area contributed by atoms with Gasteiger partial charge in [0.15, 0.2) is 18.1 Å². The molecule has 0 aliphatic carbocycles. The lowest BCUT2D eigenvalue weighted by Gasteiger charge is -2.09. The standard InChI is InChI=1S/C20H24N2O3/c1-4-7-16-10-12-17(13-11-16)15(2)21-22-20(23)14-25-19-9-6-5-8-18(19)24-3/h5-6,8-13H,4,7,14H2,1-3H3,(H,22,23)/b21-15-. The molecule has 5 heteroatoms. The van der Waals surface area contributed by atoms with Gasteiger partial charge in [0.05, 0.1) is 12.8 Å². The molecule has 0 aliphatic rings. The van der Waals surface area contributed by atoms with Gasteiger partial charge in [-0.1, -0.05) is 49.7 Å². The lowest BCUT2D eigenvalue weighted by atomic mass is 10.1. The van der Waals surface area contributed by atoms with E-state index in [1.807, 2.05) is 31.2 Å². The Hall–Kier alpha value is -2.82. The van der Waals surface area contributed by atoms with Crippen molar-refractivity contribution in [1.82, 2.24) is 5.43 Å². The molecule has 0 radical (unpaired) electrons. The first-order chi connectivity index (χ1) is 12.1. The number of rotatable bonds is 8. The average Bonchev–Trinajstić information content (AvgIpc) is 2.65. The molecule has 1 amide bonds. The van der Waals surface area contributed by atoms with Crippen LogP contribution in [0.15, 0.2) is 53.6 Å². The Morgan fingerprint density at radius 2 is 1.76 bits per heavy atom. The summed E-state index contributed by atoms with van der Waals surface area (Å²) in [4.78, 5) is 11.9. The maximum Gasteiger partial charge on any atom is 0.277 e. The predicted octanol–water partition coefficient (Wildman–Crippen LogP) is 3.57. The minimum Gasteiger partial charge on any atom is -0.493 e. The normalized spacial score (nSPS) is 11.1. The van der Waals surface area contributed by atoms with Crippen LogP contribution in [0.1, 0.15) is 31.4 Å². The second-order valence-corrected chi connectivity index (χ2v) is 5.62. The van der Waals surface area contributed by atoms with Crippen molar-refractivity contribution in [3.63, 3.8) is 0 Å². The topological polar surface area (TPSA) is 59.9 Å². The SMILES string of the molecule is CCCc1ccc(/C(C)=N\NC(=O)COc2ccccc2OC)cc1. The van der Waals surface area contributed by atoms with Crippen LogP contribution < -0.4 is 14.9 Å². The number of carbonyl (C=O) groups excluding carboxylic acids is 1. The largest absolute Gasteiger partial charge is 0.493 e. The highest BCUT2D eigenvalue weighted by molar-refractivity contribution is 5.99. The molecule has 0 unspecified atom stereocenters. The summed E-state index contributed by atoms with van der Waals surface area (Å²) >= 11 is 0. The van der Waals surface area contributed by atoms with E-state index < -0.39 is 0 Å². The smallest absolute Gasteiger partial charge is 0.277 e. The molecule has 0 fully saturated rings. The van der Waals surface area contributed by atoms with Crippen LogP contribution in [0, 0.1) is 0 Å². The molecule has 2 aromatic carbocycles. The van der Waals surface area contributed by atoms with Gasteiger partial charge >= 0.3 is 0 Å². The first-order valence-corrected chi connectivity index (χ1v) is 8.32. The van der Waals surface area contributed by atoms with Crippen molar-refractivity contribution >= 4 is 11.6 Å². The van der Waals surface area contributed by atoms with Crippen LogP contribution in [0.3, 0.4) is 0 Å². The molecule has 0 aromatic heterocycles. The second kappa shape index (κ2) is 9.47. The number of carbonyl (C=O) groups is 1. The lowest BCUT2D eigenvalue weighted by molar-refractivity contribution is -0.123. The van der Waals surface area contributed by atoms with Crippen LogP contribution in [-0.4, -0.2) is 25.3 Å². The van der Waals surface area contributed by atoms with Gasteiger partial charge in [-0.2, -0.15) is 5.10 Å². The Morgan fingerprint density at radius 3 is 2.40 bits per heavy atom. The number of hydrazone groups is 1. The number of hydrogen-bond donors (Lipinski definition) is 1. The van der Waals surface area contributed by atoms with Gasteiger partial charge in [0.2, 0.25) is 0 Å². The first-order valence-electron chi connectivity index (χ1n) is 8.32. The van der Waals surface area contributed by atoms with E-state index in [4.69, 9.17) is 9.47 Å². The summed E-state index contributed by atoms with van der Waals surface area (Å²) < 4.78 is 10.6. The maximum absolute atomic E-state index is 11.9. The van der Waals surface area contributed by atoms with Gasteiger partial charge in [0, 0.05) is 0 Å². The van der Waals surface area contributed by atoms with E-state index in [2.05, 4.69) is 29.6 Å². The number of methoxy groups -OCH3 is 1. The number of nitrogens with zero attached hydrogens (tertiary/aromatic N) is 1. The zero-order chi connectivity index (χ0) is 18.1. The number of nitrogens with one attached hydrogen (secondary N) is 1. The van der Waals surface area contributed by atoms with Crippen molar-refractivity contribution in [2.24, 2.45) is 5.10 Å². The summed E-state index contributed by atoms with van der Waals surface area (Å²) in [6.45, 7) is 3.88. The third-order valence-electron chi connectivity index (χ3n) is 3.69. The third-order valence-corrected chi connectivity index (χ3v) is 3.69. The summed E-state index contributed by atoms with van der Waals surface area (Å²) in [6, 6.07) is 15.4. The number of hydrogen-bond acceptors (Lipinski definition) is 4. The van der Waals surface area contributed by atoms with Crippen molar-refractivity contribution in [2.45, 2.75) is 26.7 Å². The molecule has 0 saturated heterocycles. The summed E-state index contributed by atoms with van der Waals surface area (Å²) in [5.74, 6) is 0.780. The summed E-state index contributed by atoms with van der Waals surface area (Å²) in [5, 5.41) is 4.13. The number of benzene rings is 2. The molecule has 5 nitrogen and oxygen atoms in total. The highest BCUT2D eigenvalue weighted by atomic mass is 16.5. The van der Waals surface area contributed by atoms with Gasteiger partial charge in [0.25, 0.3) is 5.91 Å². The quantitative estimate of drug-likeness (QED) is 0.590. The van der Waals surface area contributed by atoms with E-state index >= 15 is 0 Å². The van der Waals surface area contributed by atoms with Crippen LogP contribution in [-0.2, 0) is 11.2 Å². The number of aryl methyl sites for hydroxylation is 1. The fraction of sp³-hybridized carbons (Fsp3) is 0.300. The van der Waals surface area contributed by atoms with E-state index in [0.717, 1.165) is 24.1 Å². The lowest BCUT2D eigenvalue weighted by Crippen LogP contribution is -2.25. The second-order valence-electron chi connectivity index (χ2n) is 5.62. The third kappa shape index (κ3) is 5.64. The van der Waals surface area contributed by atoms with Gasteiger partial charge in [-0.05, 0) is 36.6 Å². The Bertz CT molecular complexity index is 724. The molecule has 0 saturated carbocycles. The van der Waals surface area contributed by atoms with Gasteiger partial charge in [-0.15, -0.1) is 0 Å². The molecule has 0 spiro atoms. The number of ether oxygens (including phenoxy) is 2. The molecule has 25 heavy (non-hydrogen) atoms. The van der Waals surface area contributed by atoms with Crippen molar-refractivity contribution in [3.05, 3.63) is 59.7 Å². The van der Waals surface area contributed by atoms with Crippen molar-refractivity contribution in [1.29, 1.82) is 0 Å². The molecule has 2 rings (SSSR count). The Labute approximate surface area is 148 Å². The fourth-order valence-electron chi connectivity index (χ4n) is 2.33. The summed E-state index contributed by atoms with van der Waals surface area (Å²) in [6.07, 6.45) is 2.18. The molecular formula is C20H24N2O3. The van der Waals surface area contributed by atoms with E-state index in [1.54, 1.807) is 19.2 Å². The predicted molar refractivity (Wildman–Crippen MR) is 99.3 cm³/mol. The van der Waals surface area contributed by atoms with Crippen LogP contribution in [0.4, 0.5) is 0 Å². The van der Waals surface area contributed by atoms with Crippen LogP contribution >= 0.6 is 0 Å². The minimum atomic E-state index is -0.326. The van der Waals surface area contributed by atoms with Gasteiger partial charge in [-0.3, -0.25) is 4.79 Å².